The van der Waals surface area contributed by atoms with Crippen LogP contribution in [0.1, 0.15) is 15.9 Å². The molecule has 0 heterocycles. The van der Waals surface area contributed by atoms with E-state index in [2.05, 4.69) is 0 Å². The molecule has 0 aliphatic heterocycles. The molecule has 0 unspecified atom stereocenters. The lowest BCUT2D eigenvalue weighted by Gasteiger charge is -2.10. The van der Waals surface area contributed by atoms with E-state index in [0.29, 0.717) is 6.07 Å². The molecule has 0 fully saturated rings. The fraction of sp³-hybridized carbons (Fsp3) is 0.100. The first-order valence-electron chi connectivity index (χ1n) is 4.18. The van der Waals surface area contributed by atoms with Crippen molar-refractivity contribution < 1.29 is 31.9 Å². The molecule has 0 bridgehead atoms. The van der Waals surface area contributed by atoms with Crippen molar-refractivity contribution in [2.24, 2.45) is 0 Å². The number of halogens is 5. The second-order valence-electron chi connectivity index (χ2n) is 2.96. The molecule has 0 saturated carbocycles. The summed E-state index contributed by atoms with van der Waals surface area (Å²) in [5.41, 5.74) is -1.87. The number of carbonyl (C=O) groups excluding carboxylic acids is 1. The molecule has 92 valence electrons. The van der Waals surface area contributed by atoms with Crippen molar-refractivity contribution in [2.75, 3.05) is 0 Å². The van der Waals surface area contributed by atoms with Gasteiger partial charge in [-0.25, -0.2) is 4.39 Å². The first-order chi connectivity index (χ1) is 7.75. The first-order valence-corrected chi connectivity index (χ1v) is 4.18. The number of alkyl halides is 3. The Hall–Kier alpha value is -1.92. The van der Waals surface area contributed by atoms with Gasteiger partial charge < -0.3 is 9.90 Å². The molecule has 0 saturated heterocycles. The van der Waals surface area contributed by atoms with E-state index in [1.54, 1.807) is 0 Å². The van der Waals surface area contributed by atoms with E-state index in [1.165, 1.54) is 0 Å². The predicted molar refractivity (Wildman–Crippen MR) is 46.0 cm³/mol. The zero-order valence-electron chi connectivity index (χ0n) is 8.02. The lowest BCUT2D eigenvalue weighted by atomic mass is 10.1. The Morgan fingerprint density at radius 2 is 1.53 bits per heavy atom. The van der Waals surface area contributed by atoms with Gasteiger partial charge in [0.25, 0.3) is 0 Å². The first kappa shape index (κ1) is 13.1. The maximum atomic E-state index is 13.1. The molecule has 0 aliphatic carbocycles. The summed E-state index contributed by atoms with van der Waals surface area (Å²) in [7, 11) is 0. The van der Waals surface area contributed by atoms with Gasteiger partial charge in [0, 0.05) is 11.1 Å². The van der Waals surface area contributed by atoms with Crippen molar-refractivity contribution in [1.82, 2.24) is 0 Å². The van der Waals surface area contributed by atoms with Crippen LogP contribution in [0.25, 0.3) is 5.83 Å². The van der Waals surface area contributed by atoms with Crippen molar-refractivity contribution in [1.29, 1.82) is 0 Å². The molecule has 1 rings (SSSR count). The van der Waals surface area contributed by atoms with Gasteiger partial charge in [-0.3, -0.25) is 0 Å². The lowest BCUT2D eigenvalue weighted by molar-refractivity contribution is -0.255. The Kier molecular flexibility index (Phi) is 3.50. The van der Waals surface area contributed by atoms with Crippen LogP contribution >= 0.6 is 0 Å². The zero-order valence-corrected chi connectivity index (χ0v) is 8.02. The number of aromatic carboxylic acids is 1. The normalized spacial score (nSPS) is 13.2. The molecule has 0 aliphatic rings. The van der Waals surface area contributed by atoms with Crippen molar-refractivity contribution in [2.45, 2.75) is 6.18 Å². The van der Waals surface area contributed by atoms with Crippen LogP contribution < -0.4 is 5.11 Å². The van der Waals surface area contributed by atoms with Crippen LogP contribution in [0.4, 0.5) is 22.0 Å². The highest BCUT2D eigenvalue weighted by atomic mass is 19.4. The summed E-state index contributed by atoms with van der Waals surface area (Å²) >= 11 is 0. The monoisotopic (exact) mass is 251 g/mol. The minimum atomic E-state index is -5.51. The Morgan fingerprint density at radius 3 is 1.94 bits per heavy atom. The van der Waals surface area contributed by atoms with E-state index in [1.807, 2.05) is 0 Å². The Morgan fingerprint density at radius 1 is 1.06 bits per heavy atom. The van der Waals surface area contributed by atoms with Crippen LogP contribution in [-0.4, -0.2) is 12.1 Å². The third kappa shape index (κ3) is 2.80. The minimum absolute atomic E-state index is 0.714. The number of benzene rings is 1. The molecule has 2 nitrogen and oxygen atoms in total. The second kappa shape index (κ2) is 4.52. The Bertz CT molecular complexity index is 476. The standard InChI is InChI=1S/C10H5F5O2/c11-7(8(12)10(13,14)15)5-3-1-2-4-6(5)9(16)17/h1-4H,(H,16,17)/p-1/b8-7+. The maximum absolute atomic E-state index is 13.1. The summed E-state index contributed by atoms with van der Waals surface area (Å²) in [6.45, 7) is 0. The summed E-state index contributed by atoms with van der Waals surface area (Å²) in [5.74, 6) is -7.16. The number of hydrogen-bond acceptors (Lipinski definition) is 2. The average molecular weight is 251 g/mol. The molecule has 0 aromatic heterocycles. The second-order valence-corrected chi connectivity index (χ2v) is 2.96. The van der Waals surface area contributed by atoms with E-state index in [4.69, 9.17) is 0 Å². The van der Waals surface area contributed by atoms with E-state index in [9.17, 15) is 31.9 Å². The van der Waals surface area contributed by atoms with Gasteiger partial charge in [0.2, 0.25) is 5.83 Å². The lowest BCUT2D eigenvalue weighted by Crippen LogP contribution is -2.23. The van der Waals surface area contributed by atoms with Gasteiger partial charge in [-0.15, -0.1) is 0 Å². The van der Waals surface area contributed by atoms with Crippen molar-refractivity contribution >= 4 is 11.8 Å². The molecule has 1 aromatic rings. The molecular weight excluding hydrogens is 247 g/mol. The van der Waals surface area contributed by atoms with E-state index < -0.39 is 34.9 Å². The van der Waals surface area contributed by atoms with E-state index in [0.717, 1.165) is 18.2 Å². The molecule has 0 atom stereocenters. The summed E-state index contributed by atoms with van der Waals surface area (Å²) in [4.78, 5) is 10.5. The fourth-order valence-corrected chi connectivity index (χ4v) is 1.10. The van der Waals surface area contributed by atoms with Gasteiger partial charge in [-0.05, 0) is 0 Å². The fourth-order valence-electron chi connectivity index (χ4n) is 1.10. The molecule has 7 heteroatoms. The number of carboxylic acid groups (broad SMARTS) is 1. The van der Waals surface area contributed by atoms with Gasteiger partial charge >= 0.3 is 6.18 Å². The van der Waals surface area contributed by atoms with Gasteiger partial charge in [0.05, 0.1) is 5.97 Å². The Labute approximate surface area is 92.0 Å². The van der Waals surface area contributed by atoms with Crippen LogP contribution in [0.2, 0.25) is 0 Å². The number of carboxylic acids is 1. The van der Waals surface area contributed by atoms with Gasteiger partial charge in [-0.2, -0.15) is 17.6 Å². The highest BCUT2D eigenvalue weighted by Crippen LogP contribution is 2.35. The van der Waals surface area contributed by atoms with Crippen molar-refractivity contribution in [3.63, 3.8) is 0 Å². The van der Waals surface area contributed by atoms with Crippen LogP contribution in [-0.2, 0) is 0 Å². The molecule has 0 amide bonds. The molecule has 0 radical (unpaired) electrons. The quantitative estimate of drug-likeness (QED) is 0.756. The van der Waals surface area contributed by atoms with Gasteiger partial charge in [0.15, 0.2) is 5.83 Å². The summed E-state index contributed by atoms with van der Waals surface area (Å²) in [6, 6.07) is 3.75. The zero-order chi connectivity index (χ0) is 13.2. The van der Waals surface area contributed by atoms with Crippen LogP contribution in [0.3, 0.4) is 0 Å². The van der Waals surface area contributed by atoms with E-state index >= 15 is 0 Å². The third-order valence-electron chi connectivity index (χ3n) is 1.83. The van der Waals surface area contributed by atoms with Crippen LogP contribution in [0.15, 0.2) is 30.1 Å². The largest absolute Gasteiger partial charge is 0.545 e. The SMILES string of the molecule is O=C([O-])c1ccccc1/C(F)=C(\F)C(F)(F)F. The highest BCUT2D eigenvalue weighted by Gasteiger charge is 2.38. The number of carbonyl (C=O) groups is 1. The van der Waals surface area contributed by atoms with Gasteiger partial charge in [-0.1, -0.05) is 24.3 Å². The van der Waals surface area contributed by atoms with Gasteiger partial charge in [0.1, 0.15) is 0 Å². The molecule has 17 heavy (non-hydrogen) atoms. The number of rotatable bonds is 2. The average Bonchev–Trinajstić information content (AvgIpc) is 2.25. The van der Waals surface area contributed by atoms with Crippen molar-refractivity contribution in [3.8, 4) is 0 Å². The maximum Gasteiger partial charge on any atom is 0.445 e. The highest BCUT2D eigenvalue weighted by molar-refractivity contribution is 5.92. The van der Waals surface area contributed by atoms with E-state index in [-0.39, 0.29) is 0 Å². The molecule has 1 aromatic carbocycles. The Balaban J connectivity index is 3.40. The smallest absolute Gasteiger partial charge is 0.445 e. The summed E-state index contributed by atoms with van der Waals surface area (Å²) < 4.78 is 61.4. The summed E-state index contributed by atoms with van der Waals surface area (Å²) in [5, 5.41) is 10.5. The number of hydrogen-bond donors (Lipinski definition) is 0. The minimum Gasteiger partial charge on any atom is -0.545 e. The van der Waals surface area contributed by atoms with Crippen molar-refractivity contribution in [3.05, 3.63) is 41.2 Å². The molecule has 0 spiro atoms. The summed E-state index contributed by atoms with van der Waals surface area (Å²) in [6.07, 6.45) is -5.51. The third-order valence-corrected chi connectivity index (χ3v) is 1.83. The number of allylic oxidation sites excluding steroid dienone is 1. The topological polar surface area (TPSA) is 40.1 Å². The van der Waals surface area contributed by atoms with Crippen LogP contribution in [0, 0.1) is 0 Å². The molecule has 0 N–H and O–H groups in total. The van der Waals surface area contributed by atoms with Crippen LogP contribution in [0.5, 0.6) is 0 Å². The predicted octanol–water partition coefficient (Wildman–Crippen LogP) is 2.22. The molecular formula is C10H4F5O2-.